The molecule has 2 unspecified atom stereocenters. The minimum Gasteiger partial charge on any atom is -0.491 e. The first-order valence-electron chi connectivity index (χ1n) is 14.5. The zero-order valence-electron chi connectivity index (χ0n) is 23.4. The lowest BCUT2D eigenvalue weighted by Crippen LogP contribution is -2.47. The van der Waals surface area contributed by atoms with Gasteiger partial charge in [-0.1, -0.05) is 18.6 Å². The van der Waals surface area contributed by atoms with Gasteiger partial charge in [0.15, 0.2) is 9.84 Å². The number of sulfonamides is 1. The Morgan fingerprint density at radius 1 is 1.05 bits per heavy atom. The van der Waals surface area contributed by atoms with Crippen molar-refractivity contribution in [3.63, 3.8) is 0 Å². The molecule has 3 fully saturated rings. The highest BCUT2D eigenvalue weighted by molar-refractivity contribution is 7.92. The Morgan fingerprint density at radius 2 is 1.86 bits per heavy atom. The summed E-state index contributed by atoms with van der Waals surface area (Å²) in [6.07, 6.45) is 5.17. The summed E-state index contributed by atoms with van der Waals surface area (Å²) in [5.74, 6) is 0.416. The number of hydrogen-bond acceptors (Lipinski definition) is 9. The Bertz CT molecular complexity index is 1640. The number of aliphatic hydroxyl groups excluding tert-OH is 1. The second-order valence-corrected chi connectivity index (χ2v) is 15.8. The van der Waals surface area contributed by atoms with E-state index in [1.165, 1.54) is 10.4 Å². The zero-order chi connectivity index (χ0) is 29.4. The first kappa shape index (κ1) is 29.5. The van der Waals surface area contributed by atoms with E-state index in [2.05, 4.69) is 10.3 Å². The molecule has 42 heavy (non-hydrogen) atoms. The lowest BCUT2D eigenvalue weighted by atomic mass is 9.88. The maximum Gasteiger partial charge on any atom is 0.243 e. The van der Waals surface area contributed by atoms with Crippen LogP contribution in [-0.2, 0) is 24.6 Å². The summed E-state index contributed by atoms with van der Waals surface area (Å²) >= 11 is 0. The summed E-state index contributed by atoms with van der Waals surface area (Å²) < 4.78 is 65.5. The number of nitrogens with one attached hydrogen (secondary N) is 1. The van der Waals surface area contributed by atoms with Crippen LogP contribution >= 0.6 is 0 Å². The van der Waals surface area contributed by atoms with E-state index in [1.807, 2.05) is 6.07 Å². The number of aromatic nitrogens is 1. The van der Waals surface area contributed by atoms with Crippen LogP contribution in [0.1, 0.15) is 38.5 Å². The standard InChI is InChI=1S/C30H37N3O7S2/c34-24(21-39-25-5-1-8-27(17-25)41(35,36)26-6-2-7-26)19-32-23-18-30(40-20-23)11-14-33(15-12-30)42(37,38)28-9-10-29-22(16-28)4-3-13-31-29/h1,3-5,8-10,13,16-17,23-24,26,32,34H,2,6-7,11-12,14-15,18-21H2. The number of aliphatic hydroxyl groups is 1. The first-order valence-corrected chi connectivity index (χ1v) is 17.5. The molecule has 3 aromatic rings. The molecule has 1 saturated carbocycles. The molecule has 2 N–H and O–H groups in total. The summed E-state index contributed by atoms with van der Waals surface area (Å²) in [4.78, 5) is 4.80. The van der Waals surface area contributed by atoms with E-state index in [0.29, 0.717) is 57.7 Å². The average molecular weight is 616 g/mol. The molecule has 3 aliphatic rings. The van der Waals surface area contributed by atoms with E-state index in [-0.39, 0.29) is 33.3 Å². The summed E-state index contributed by atoms with van der Waals surface area (Å²) in [5, 5.41) is 14.3. The van der Waals surface area contributed by atoms with E-state index in [4.69, 9.17) is 9.47 Å². The minimum absolute atomic E-state index is 0.0241. The predicted molar refractivity (Wildman–Crippen MR) is 158 cm³/mol. The number of nitrogens with zero attached hydrogens (tertiary/aromatic N) is 2. The maximum absolute atomic E-state index is 13.3. The van der Waals surface area contributed by atoms with Gasteiger partial charge in [-0.25, -0.2) is 16.8 Å². The third-order valence-electron chi connectivity index (χ3n) is 8.76. The van der Waals surface area contributed by atoms with Crippen molar-refractivity contribution in [3.05, 3.63) is 60.8 Å². The summed E-state index contributed by atoms with van der Waals surface area (Å²) in [7, 11) is -6.96. The fraction of sp³-hybridized carbons (Fsp3) is 0.500. The van der Waals surface area contributed by atoms with E-state index in [0.717, 1.165) is 23.7 Å². The molecule has 3 heterocycles. The highest BCUT2D eigenvalue weighted by atomic mass is 32.2. The molecule has 0 radical (unpaired) electrons. The Labute approximate surface area is 247 Å². The van der Waals surface area contributed by atoms with Crippen molar-refractivity contribution in [1.29, 1.82) is 0 Å². The van der Waals surface area contributed by atoms with Crippen LogP contribution < -0.4 is 10.1 Å². The van der Waals surface area contributed by atoms with Crippen LogP contribution in [0.5, 0.6) is 5.75 Å². The van der Waals surface area contributed by atoms with Gasteiger partial charge in [0.2, 0.25) is 10.0 Å². The molecular weight excluding hydrogens is 578 g/mol. The normalized spacial score (nSPS) is 22.3. The van der Waals surface area contributed by atoms with Crippen molar-refractivity contribution in [3.8, 4) is 5.75 Å². The fourth-order valence-corrected chi connectivity index (χ4v) is 9.35. The SMILES string of the molecule is O=S(=O)(c1cccc(OCC(O)CNC2COC3(CCN(S(=O)(=O)c4ccc5ncccc5c4)CC3)C2)c1)C1CCC1. The molecule has 1 aliphatic carbocycles. The van der Waals surface area contributed by atoms with Crippen LogP contribution in [0, 0.1) is 0 Å². The summed E-state index contributed by atoms with van der Waals surface area (Å²) in [6.45, 7) is 1.56. The number of hydrogen-bond donors (Lipinski definition) is 2. The van der Waals surface area contributed by atoms with E-state index < -0.39 is 26.0 Å². The van der Waals surface area contributed by atoms with Crippen LogP contribution in [0.2, 0.25) is 0 Å². The third-order valence-corrected chi connectivity index (χ3v) is 12.9. The largest absolute Gasteiger partial charge is 0.491 e. The van der Waals surface area contributed by atoms with Gasteiger partial charge in [-0.15, -0.1) is 0 Å². The van der Waals surface area contributed by atoms with Crippen LogP contribution in [-0.4, -0.2) is 87.1 Å². The average Bonchev–Trinajstić information content (AvgIpc) is 3.36. The zero-order valence-corrected chi connectivity index (χ0v) is 25.0. The smallest absolute Gasteiger partial charge is 0.243 e. The number of ether oxygens (including phenoxy) is 2. The number of benzene rings is 2. The highest BCUT2D eigenvalue weighted by Gasteiger charge is 2.44. The monoisotopic (exact) mass is 615 g/mol. The quantitative estimate of drug-likeness (QED) is 0.353. The number of piperidine rings is 1. The molecule has 12 heteroatoms. The number of rotatable bonds is 10. The first-order chi connectivity index (χ1) is 20.1. The number of fused-ring (bicyclic) bond motifs is 1. The van der Waals surface area contributed by atoms with Gasteiger partial charge in [-0.2, -0.15) is 4.31 Å². The number of pyridine rings is 1. The Hall–Kier alpha value is -2.61. The molecule has 2 atom stereocenters. The van der Waals surface area contributed by atoms with Crippen molar-refractivity contribution in [1.82, 2.24) is 14.6 Å². The van der Waals surface area contributed by atoms with Gasteiger partial charge < -0.3 is 19.9 Å². The van der Waals surface area contributed by atoms with Gasteiger partial charge in [0.1, 0.15) is 18.5 Å². The molecule has 2 aromatic carbocycles. The highest BCUT2D eigenvalue weighted by Crippen LogP contribution is 2.38. The van der Waals surface area contributed by atoms with Gasteiger partial charge in [-0.05, 0) is 74.6 Å². The van der Waals surface area contributed by atoms with Crippen LogP contribution in [0.15, 0.2) is 70.6 Å². The molecule has 10 nitrogen and oxygen atoms in total. The molecular formula is C30H37N3O7S2. The Morgan fingerprint density at radius 3 is 2.62 bits per heavy atom. The second-order valence-electron chi connectivity index (χ2n) is 11.6. The predicted octanol–water partition coefficient (Wildman–Crippen LogP) is 2.90. The van der Waals surface area contributed by atoms with Crippen molar-refractivity contribution >= 4 is 30.8 Å². The maximum atomic E-state index is 13.3. The third kappa shape index (κ3) is 6.06. The molecule has 1 spiro atoms. The van der Waals surface area contributed by atoms with E-state index in [9.17, 15) is 21.9 Å². The van der Waals surface area contributed by atoms with Crippen LogP contribution in [0.25, 0.3) is 10.9 Å². The number of sulfone groups is 1. The molecule has 0 amide bonds. The molecule has 1 aromatic heterocycles. The van der Waals surface area contributed by atoms with Crippen LogP contribution in [0.3, 0.4) is 0 Å². The van der Waals surface area contributed by atoms with Gasteiger partial charge >= 0.3 is 0 Å². The van der Waals surface area contributed by atoms with Gasteiger partial charge in [0.25, 0.3) is 0 Å². The van der Waals surface area contributed by atoms with Crippen molar-refractivity contribution in [2.45, 2.75) is 71.3 Å². The second kappa shape index (κ2) is 11.8. The van der Waals surface area contributed by atoms with Gasteiger partial charge in [-0.3, -0.25) is 4.98 Å². The molecule has 2 aliphatic heterocycles. The molecule has 0 bridgehead atoms. The lowest BCUT2D eigenvalue weighted by molar-refractivity contribution is -0.0312. The van der Waals surface area contributed by atoms with Crippen molar-refractivity contribution < 1.29 is 31.4 Å². The summed E-state index contributed by atoms with van der Waals surface area (Å²) in [5.41, 5.74) is 0.373. The van der Waals surface area contributed by atoms with Gasteiger partial charge in [0, 0.05) is 37.3 Å². The van der Waals surface area contributed by atoms with Gasteiger partial charge in [0.05, 0.1) is 32.8 Å². The van der Waals surface area contributed by atoms with Crippen LogP contribution in [0.4, 0.5) is 0 Å². The topological polar surface area (TPSA) is 135 Å². The molecule has 226 valence electrons. The Kier molecular flexibility index (Phi) is 8.29. The molecule has 2 saturated heterocycles. The Balaban J connectivity index is 0.967. The van der Waals surface area contributed by atoms with Crippen molar-refractivity contribution in [2.75, 3.05) is 32.8 Å². The molecule has 6 rings (SSSR count). The lowest BCUT2D eigenvalue weighted by Gasteiger charge is -2.38. The fourth-order valence-electron chi connectivity index (χ4n) is 5.99. The van der Waals surface area contributed by atoms with Crippen molar-refractivity contribution in [2.24, 2.45) is 0 Å². The van der Waals surface area contributed by atoms with E-state index >= 15 is 0 Å². The summed E-state index contributed by atoms with van der Waals surface area (Å²) in [6, 6.07) is 15.2. The van der Waals surface area contributed by atoms with E-state index in [1.54, 1.807) is 48.7 Å². The minimum atomic E-state index is -3.62.